The molecule has 1 N–H and O–H groups in total. The molecule has 0 bridgehead atoms. The van der Waals surface area contributed by atoms with Gasteiger partial charge in [0.25, 0.3) is 0 Å². The summed E-state index contributed by atoms with van der Waals surface area (Å²) < 4.78 is 5.50. The van der Waals surface area contributed by atoms with Crippen molar-refractivity contribution in [2.24, 2.45) is 0 Å². The molecule has 1 heterocycles. The van der Waals surface area contributed by atoms with E-state index in [1.807, 2.05) is 24.3 Å². The van der Waals surface area contributed by atoms with Crippen LogP contribution in [0.1, 0.15) is 11.1 Å². The molecule has 0 aromatic heterocycles. The van der Waals surface area contributed by atoms with E-state index in [0.717, 1.165) is 35.7 Å². The number of fused-ring (bicyclic) bond motifs is 1. The van der Waals surface area contributed by atoms with Gasteiger partial charge in [-0.2, -0.15) is 0 Å². The lowest BCUT2D eigenvalue weighted by atomic mass is 10.0. The van der Waals surface area contributed by atoms with Gasteiger partial charge in [-0.25, -0.2) is 0 Å². The highest BCUT2D eigenvalue weighted by Gasteiger charge is 2.22. The van der Waals surface area contributed by atoms with Crippen molar-refractivity contribution in [2.45, 2.75) is 22.6 Å². The molecule has 3 nitrogen and oxygen atoms in total. The van der Waals surface area contributed by atoms with Crippen molar-refractivity contribution in [3.63, 3.8) is 0 Å². The standard InChI is InChI=1S/C18H21NO2S/c1-19-10-8-13-12-16(20)17(21-2)18(15(13)9-11-19)22-14-6-4-3-5-7-14/h3-7,12,20H,8-11H2,1-2H3. The average molecular weight is 315 g/mol. The second-order valence-electron chi connectivity index (χ2n) is 5.61. The number of phenols is 1. The third-order valence-electron chi connectivity index (χ3n) is 4.09. The first kappa shape index (κ1) is 15.3. The maximum absolute atomic E-state index is 10.3. The number of phenolic OH excluding ortho intramolecular Hbond substituents is 1. The molecule has 2 aromatic rings. The van der Waals surface area contributed by atoms with E-state index < -0.39 is 0 Å². The maximum atomic E-state index is 10.3. The van der Waals surface area contributed by atoms with Crippen LogP contribution in [0.25, 0.3) is 0 Å². The molecule has 0 saturated carbocycles. The highest BCUT2D eigenvalue weighted by Crippen LogP contribution is 2.45. The highest BCUT2D eigenvalue weighted by molar-refractivity contribution is 7.99. The van der Waals surface area contributed by atoms with Crippen molar-refractivity contribution in [3.05, 3.63) is 47.5 Å². The van der Waals surface area contributed by atoms with Gasteiger partial charge in [-0.05, 0) is 49.2 Å². The molecule has 22 heavy (non-hydrogen) atoms. The molecule has 116 valence electrons. The monoisotopic (exact) mass is 315 g/mol. The number of rotatable bonds is 3. The molecule has 0 spiro atoms. The first-order chi connectivity index (χ1) is 10.7. The quantitative estimate of drug-likeness (QED) is 0.938. The van der Waals surface area contributed by atoms with E-state index in [9.17, 15) is 5.11 Å². The summed E-state index contributed by atoms with van der Waals surface area (Å²) in [4.78, 5) is 4.55. The van der Waals surface area contributed by atoms with Crippen LogP contribution < -0.4 is 4.74 Å². The number of ether oxygens (including phenoxy) is 1. The Morgan fingerprint density at radius 1 is 1.14 bits per heavy atom. The van der Waals surface area contributed by atoms with Crippen LogP contribution in [-0.4, -0.2) is 37.3 Å². The van der Waals surface area contributed by atoms with Crippen molar-refractivity contribution in [2.75, 3.05) is 27.2 Å². The smallest absolute Gasteiger partial charge is 0.174 e. The average Bonchev–Trinajstić information content (AvgIpc) is 2.71. The number of hydrogen-bond donors (Lipinski definition) is 1. The third-order valence-corrected chi connectivity index (χ3v) is 5.23. The molecular formula is C18H21NO2S. The van der Waals surface area contributed by atoms with Crippen LogP contribution in [-0.2, 0) is 12.8 Å². The molecule has 4 heteroatoms. The molecule has 0 fully saturated rings. The summed E-state index contributed by atoms with van der Waals surface area (Å²) in [6.07, 6.45) is 1.95. The van der Waals surface area contributed by atoms with Crippen LogP contribution in [0, 0.1) is 0 Å². The second kappa shape index (κ2) is 6.63. The number of aromatic hydroxyl groups is 1. The zero-order valence-electron chi connectivity index (χ0n) is 13.0. The summed E-state index contributed by atoms with van der Waals surface area (Å²) in [6.45, 7) is 2.05. The van der Waals surface area contributed by atoms with Gasteiger partial charge in [0, 0.05) is 18.0 Å². The maximum Gasteiger partial charge on any atom is 0.174 e. The molecule has 3 rings (SSSR count). The van der Waals surface area contributed by atoms with Gasteiger partial charge in [0.2, 0.25) is 0 Å². The Morgan fingerprint density at radius 3 is 2.59 bits per heavy atom. The minimum Gasteiger partial charge on any atom is -0.504 e. The molecule has 1 aliphatic rings. The van der Waals surface area contributed by atoms with E-state index in [1.54, 1.807) is 18.9 Å². The van der Waals surface area contributed by atoms with Gasteiger partial charge < -0.3 is 14.7 Å². The molecule has 0 atom stereocenters. The summed E-state index contributed by atoms with van der Waals surface area (Å²) in [5.41, 5.74) is 2.55. The first-order valence-corrected chi connectivity index (χ1v) is 8.34. The number of methoxy groups -OCH3 is 1. The van der Waals surface area contributed by atoms with Crippen molar-refractivity contribution >= 4 is 11.8 Å². The summed E-state index contributed by atoms with van der Waals surface area (Å²) >= 11 is 1.67. The van der Waals surface area contributed by atoms with E-state index in [2.05, 4.69) is 24.1 Å². The highest BCUT2D eigenvalue weighted by atomic mass is 32.2. The Bertz CT molecular complexity index is 658. The number of likely N-dealkylation sites (N-methyl/N-ethyl adjacent to an activating group) is 1. The van der Waals surface area contributed by atoms with E-state index in [0.29, 0.717) is 5.75 Å². The minimum atomic E-state index is 0.240. The predicted octanol–water partition coefficient (Wildman–Crippen LogP) is 3.58. The van der Waals surface area contributed by atoms with Gasteiger partial charge in [-0.3, -0.25) is 0 Å². The van der Waals surface area contributed by atoms with Crippen LogP contribution in [0.2, 0.25) is 0 Å². The zero-order valence-corrected chi connectivity index (χ0v) is 13.8. The van der Waals surface area contributed by atoms with Crippen molar-refractivity contribution in [3.8, 4) is 11.5 Å². The van der Waals surface area contributed by atoms with Gasteiger partial charge >= 0.3 is 0 Å². The third kappa shape index (κ3) is 3.08. The summed E-state index contributed by atoms with van der Waals surface area (Å²) in [5.74, 6) is 0.835. The lowest BCUT2D eigenvalue weighted by Crippen LogP contribution is -2.20. The van der Waals surface area contributed by atoms with E-state index in [4.69, 9.17) is 4.74 Å². The molecule has 0 aliphatic carbocycles. The second-order valence-corrected chi connectivity index (χ2v) is 6.70. The van der Waals surface area contributed by atoms with Crippen LogP contribution in [0.15, 0.2) is 46.2 Å². The van der Waals surface area contributed by atoms with Crippen molar-refractivity contribution < 1.29 is 9.84 Å². The van der Waals surface area contributed by atoms with Crippen LogP contribution in [0.5, 0.6) is 11.5 Å². The van der Waals surface area contributed by atoms with Crippen molar-refractivity contribution in [1.29, 1.82) is 0 Å². The Labute approximate surface area is 135 Å². The molecular weight excluding hydrogens is 294 g/mol. The van der Waals surface area contributed by atoms with Crippen LogP contribution in [0.3, 0.4) is 0 Å². The molecule has 1 aliphatic heterocycles. The normalized spacial score (nSPS) is 15.2. The summed E-state index contributed by atoms with van der Waals surface area (Å²) in [5, 5.41) is 10.3. The Morgan fingerprint density at radius 2 is 1.86 bits per heavy atom. The lowest BCUT2D eigenvalue weighted by Gasteiger charge is -2.17. The molecule has 0 saturated heterocycles. The fraction of sp³-hybridized carbons (Fsp3) is 0.333. The number of benzene rings is 2. The van der Waals surface area contributed by atoms with Crippen LogP contribution in [0.4, 0.5) is 0 Å². The van der Waals surface area contributed by atoms with Gasteiger partial charge in [0.05, 0.1) is 12.0 Å². The molecule has 0 amide bonds. The van der Waals surface area contributed by atoms with E-state index >= 15 is 0 Å². The van der Waals surface area contributed by atoms with Crippen LogP contribution >= 0.6 is 11.8 Å². The Kier molecular flexibility index (Phi) is 4.60. The molecule has 0 radical (unpaired) electrons. The Balaban J connectivity index is 2.08. The van der Waals surface area contributed by atoms with Gasteiger partial charge in [-0.15, -0.1) is 0 Å². The van der Waals surface area contributed by atoms with E-state index in [1.165, 1.54) is 11.1 Å². The number of hydrogen-bond acceptors (Lipinski definition) is 4. The van der Waals surface area contributed by atoms with E-state index in [-0.39, 0.29) is 5.75 Å². The van der Waals surface area contributed by atoms with Crippen molar-refractivity contribution in [1.82, 2.24) is 4.90 Å². The SMILES string of the molecule is COc1c(O)cc2c(c1Sc1ccccc1)CCN(C)CC2. The lowest BCUT2D eigenvalue weighted by molar-refractivity contribution is 0.351. The van der Waals surface area contributed by atoms with Gasteiger partial charge in [0.1, 0.15) is 0 Å². The van der Waals surface area contributed by atoms with Gasteiger partial charge in [0.15, 0.2) is 11.5 Å². The fourth-order valence-electron chi connectivity index (χ4n) is 2.85. The minimum absolute atomic E-state index is 0.240. The molecule has 0 unspecified atom stereocenters. The predicted molar refractivity (Wildman–Crippen MR) is 90.1 cm³/mol. The largest absolute Gasteiger partial charge is 0.504 e. The zero-order chi connectivity index (χ0) is 15.5. The summed E-state index contributed by atoms with van der Waals surface area (Å²) in [6, 6.07) is 12.1. The van der Waals surface area contributed by atoms with Gasteiger partial charge in [-0.1, -0.05) is 30.0 Å². The fourth-order valence-corrected chi connectivity index (χ4v) is 4.02. The Hall–Kier alpha value is -1.65. The first-order valence-electron chi connectivity index (χ1n) is 7.52. The molecule has 2 aromatic carbocycles. The number of nitrogens with zero attached hydrogens (tertiary/aromatic N) is 1. The summed E-state index contributed by atoms with van der Waals surface area (Å²) in [7, 11) is 3.77. The topological polar surface area (TPSA) is 32.7 Å².